The van der Waals surface area contributed by atoms with Crippen molar-refractivity contribution in [2.24, 2.45) is 0 Å². The Kier molecular flexibility index (Phi) is 5.59. The summed E-state index contributed by atoms with van der Waals surface area (Å²) >= 11 is 0. The summed E-state index contributed by atoms with van der Waals surface area (Å²) in [5, 5.41) is 12.5. The molecule has 96 valence electrons. The fraction of sp³-hybridized carbons (Fsp3) is 0. The molecule has 8 atom stereocenters. The lowest BCUT2D eigenvalue weighted by molar-refractivity contribution is 2.13. The van der Waals surface area contributed by atoms with E-state index in [1.54, 1.807) is 0 Å². The Labute approximate surface area is 127 Å². The van der Waals surface area contributed by atoms with Crippen LogP contribution >= 0.6 is 73.9 Å². The number of fused-ring (bicyclic) bond motifs is 1. The van der Waals surface area contributed by atoms with Crippen LogP contribution in [0, 0.1) is 0 Å². The van der Waals surface area contributed by atoms with Gasteiger partial charge in [-0.1, -0.05) is 0 Å². The third kappa shape index (κ3) is 2.50. The van der Waals surface area contributed by atoms with Gasteiger partial charge in [-0.25, -0.2) is 0 Å². The summed E-state index contributed by atoms with van der Waals surface area (Å²) in [6.07, 6.45) is 0. The number of hydrogen-bond acceptors (Lipinski definition) is 0. The van der Waals surface area contributed by atoms with Crippen molar-refractivity contribution < 1.29 is 0 Å². The van der Waals surface area contributed by atoms with Crippen LogP contribution in [0.25, 0.3) is 10.8 Å². The number of rotatable bonds is 0. The van der Waals surface area contributed by atoms with Crippen molar-refractivity contribution in [3.8, 4) is 0 Å². The maximum atomic E-state index is 2.87. The van der Waals surface area contributed by atoms with Crippen molar-refractivity contribution in [1.82, 2.24) is 0 Å². The summed E-state index contributed by atoms with van der Waals surface area (Å²) < 4.78 is 0. The zero-order valence-electron chi connectivity index (χ0n) is 9.62. The molecular formula is C10H16P8. The van der Waals surface area contributed by atoms with Crippen LogP contribution in [-0.2, 0) is 0 Å². The van der Waals surface area contributed by atoms with Crippen LogP contribution in [0.15, 0.2) is 0 Å². The minimum absolute atomic E-state index is 1.23. The molecule has 18 heavy (non-hydrogen) atoms. The molecule has 0 saturated carbocycles. The molecule has 0 heterocycles. The van der Waals surface area contributed by atoms with E-state index in [4.69, 9.17) is 0 Å². The summed E-state index contributed by atoms with van der Waals surface area (Å²) in [5.41, 5.74) is 0. The van der Waals surface area contributed by atoms with Gasteiger partial charge in [-0.05, 0) is 53.2 Å². The Morgan fingerprint density at radius 3 is 0.611 bits per heavy atom. The van der Waals surface area contributed by atoms with E-state index < -0.39 is 0 Å². The minimum atomic E-state index is 1.23. The molecule has 8 heteroatoms. The van der Waals surface area contributed by atoms with Crippen LogP contribution in [-0.4, -0.2) is 0 Å². The van der Waals surface area contributed by atoms with Crippen molar-refractivity contribution in [1.29, 1.82) is 0 Å². The second-order valence-corrected chi connectivity index (χ2v) is 8.68. The van der Waals surface area contributed by atoms with Crippen LogP contribution < -0.4 is 42.4 Å². The first kappa shape index (κ1) is 16.5. The number of hydrogen-bond donors (Lipinski definition) is 0. The summed E-state index contributed by atoms with van der Waals surface area (Å²) in [4.78, 5) is 0. The molecule has 0 fully saturated rings. The fourth-order valence-electron chi connectivity index (χ4n) is 1.95. The summed E-state index contributed by atoms with van der Waals surface area (Å²) in [7, 11) is 22.8. The molecule has 0 saturated heterocycles. The zero-order valence-corrected chi connectivity index (χ0v) is 18.9. The molecule has 0 amide bonds. The highest BCUT2D eigenvalue weighted by molar-refractivity contribution is 7.46. The standard InChI is InChI=1S/C10H16P8/c11-3-1-2(5(13)9(17)7(3)15)6(14)10(18)8(16)4(1)12/h11-18H2. The lowest BCUT2D eigenvalue weighted by atomic mass is 10.1. The van der Waals surface area contributed by atoms with Gasteiger partial charge in [0, 0.05) is 0 Å². The van der Waals surface area contributed by atoms with Crippen molar-refractivity contribution in [2.75, 3.05) is 0 Å². The maximum Gasteiger partial charge on any atom is -0.00147 e. The predicted molar refractivity (Wildman–Crippen MR) is 119 cm³/mol. The van der Waals surface area contributed by atoms with Gasteiger partial charge in [0.25, 0.3) is 0 Å². The molecule has 0 spiro atoms. The monoisotopic (exact) mass is 384 g/mol. The van der Waals surface area contributed by atoms with E-state index in [0.717, 1.165) is 0 Å². The van der Waals surface area contributed by atoms with Crippen LogP contribution in [0.4, 0.5) is 0 Å². The first-order valence-electron chi connectivity index (χ1n) is 5.06. The van der Waals surface area contributed by atoms with E-state index in [1.807, 2.05) is 0 Å². The highest BCUT2D eigenvalue weighted by Crippen LogP contribution is 2.16. The largest absolute Gasteiger partial charge is 0.104 e. The van der Waals surface area contributed by atoms with Gasteiger partial charge in [-0.15, -0.1) is 73.9 Å². The first-order chi connectivity index (χ1) is 8.29. The van der Waals surface area contributed by atoms with E-state index >= 15 is 0 Å². The first-order valence-corrected chi connectivity index (χ1v) is 9.68. The Morgan fingerprint density at radius 2 is 0.444 bits per heavy atom. The molecule has 8 unspecified atom stereocenters. The van der Waals surface area contributed by atoms with Gasteiger partial charge < -0.3 is 0 Å². The molecule has 2 aromatic carbocycles. The summed E-state index contributed by atoms with van der Waals surface area (Å²) in [6.45, 7) is 0. The predicted octanol–water partition coefficient (Wildman–Crippen LogP) is -1.16. The zero-order chi connectivity index (χ0) is 13.8. The third-order valence-corrected chi connectivity index (χ3v) is 9.96. The van der Waals surface area contributed by atoms with Gasteiger partial charge in [0.2, 0.25) is 0 Å². The van der Waals surface area contributed by atoms with Crippen LogP contribution in [0.2, 0.25) is 0 Å². The summed E-state index contributed by atoms with van der Waals surface area (Å²) in [6, 6.07) is 0. The molecule has 2 aromatic rings. The van der Waals surface area contributed by atoms with Crippen LogP contribution in [0.1, 0.15) is 0 Å². The van der Waals surface area contributed by atoms with Gasteiger partial charge in [0.05, 0.1) is 0 Å². The summed E-state index contributed by atoms with van der Waals surface area (Å²) in [5.74, 6) is 0. The van der Waals surface area contributed by atoms with E-state index in [1.165, 1.54) is 53.2 Å². The normalized spacial score (nSPS) is 11.3. The van der Waals surface area contributed by atoms with Crippen molar-refractivity contribution >= 4 is 127 Å². The van der Waals surface area contributed by atoms with Gasteiger partial charge in [-0.2, -0.15) is 0 Å². The number of benzene rings is 2. The smallest absolute Gasteiger partial charge is 0.00147 e. The molecule has 0 N–H and O–H groups in total. The lowest BCUT2D eigenvalue weighted by Gasteiger charge is -2.20. The van der Waals surface area contributed by atoms with E-state index in [0.29, 0.717) is 0 Å². The lowest BCUT2D eigenvalue weighted by Crippen LogP contribution is -2.42. The van der Waals surface area contributed by atoms with Crippen molar-refractivity contribution in [3.63, 3.8) is 0 Å². The second-order valence-electron chi connectivity index (χ2n) is 4.06. The highest BCUT2D eigenvalue weighted by Gasteiger charge is 2.17. The van der Waals surface area contributed by atoms with Crippen LogP contribution in [0.5, 0.6) is 0 Å². The van der Waals surface area contributed by atoms with Gasteiger partial charge in [0.1, 0.15) is 0 Å². The quantitative estimate of drug-likeness (QED) is 0.504. The molecule has 0 aliphatic heterocycles. The SMILES string of the molecule is Pc1c(P)c(P)c2c(P)c(P)c(P)c(P)c2c1P. The molecule has 0 aromatic heterocycles. The average molecular weight is 384 g/mol. The molecule has 0 nitrogen and oxygen atoms in total. The second kappa shape index (κ2) is 6.10. The average Bonchev–Trinajstić information content (AvgIpc) is 2.35. The van der Waals surface area contributed by atoms with Crippen molar-refractivity contribution in [2.45, 2.75) is 0 Å². The van der Waals surface area contributed by atoms with Crippen LogP contribution in [0.3, 0.4) is 0 Å². The molecule has 0 aliphatic carbocycles. The Balaban J connectivity index is 3.22. The van der Waals surface area contributed by atoms with Gasteiger partial charge >= 0.3 is 0 Å². The molecular weight excluding hydrogens is 368 g/mol. The van der Waals surface area contributed by atoms with E-state index in [9.17, 15) is 0 Å². The minimum Gasteiger partial charge on any atom is -0.104 e. The fourth-order valence-corrected chi connectivity index (χ4v) is 5.97. The van der Waals surface area contributed by atoms with Gasteiger partial charge in [-0.3, -0.25) is 0 Å². The topological polar surface area (TPSA) is 0 Å². The Hall–Kier alpha value is 2.14. The Morgan fingerprint density at radius 1 is 0.278 bits per heavy atom. The molecule has 0 radical (unpaired) electrons. The van der Waals surface area contributed by atoms with E-state index in [2.05, 4.69) is 73.9 Å². The highest BCUT2D eigenvalue weighted by atomic mass is 31.0. The van der Waals surface area contributed by atoms with E-state index in [-0.39, 0.29) is 0 Å². The van der Waals surface area contributed by atoms with Gasteiger partial charge in [0.15, 0.2) is 0 Å². The molecule has 0 bridgehead atoms. The molecule has 0 aliphatic rings. The third-order valence-electron chi connectivity index (χ3n) is 3.07. The van der Waals surface area contributed by atoms with Crippen molar-refractivity contribution in [3.05, 3.63) is 0 Å². The molecule has 2 rings (SSSR count). The Bertz CT molecular complexity index is 563. The maximum absolute atomic E-state index is 2.87.